The number of hydrogen-bond acceptors (Lipinski definition) is 8. The molecular formula is C8H8O8. The highest BCUT2D eigenvalue weighted by atomic mass is 17.0. The zero-order valence-corrected chi connectivity index (χ0v) is 8.26. The molecule has 8 nitrogen and oxygen atoms in total. The highest BCUT2D eigenvalue weighted by molar-refractivity contribution is 5.80. The Bertz CT molecular complexity index is 315. The summed E-state index contributed by atoms with van der Waals surface area (Å²) in [5.41, 5.74) is 0. The van der Waals surface area contributed by atoms with Gasteiger partial charge in [0.15, 0.2) is 0 Å². The van der Waals surface area contributed by atoms with Gasteiger partial charge in [-0.2, -0.15) is 0 Å². The van der Waals surface area contributed by atoms with E-state index in [2.05, 4.69) is 18.9 Å². The molecule has 0 atom stereocenters. The molecular weight excluding hydrogens is 224 g/mol. The van der Waals surface area contributed by atoms with Gasteiger partial charge in [-0.1, -0.05) is 0 Å². The third-order valence-electron chi connectivity index (χ3n) is 1.47. The van der Waals surface area contributed by atoms with Crippen LogP contribution in [0.5, 0.6) is 0 Å². The molecule has 0 amide bonds. The molecule has 88 valence electrons. The Morgan fingerprint density at radius 1 is 1.31 bits per heavy atom. The first-order valence-corrected chi connectivity index (χ1v) is 4.22. The van der Waals surface area contributed by atoms with Crippen LogP contribution in [0.15, 0.2) is 0 Å². The lowest BCUT2D eigenvalue weighted by Crippen LogP contribution is -2.44. The van der Waals surface area contributed by atoms with Gasteiger partial charge in [-0.15, -0.1) is 0 Å². The number of carbonyl (C=O) groups excluding carboxylic acids is 4. The van der Waals surface area contributed by atoms with Gasteiger partial charge in [-0.25, -0.2) is 0 Å². The van der Waals surface area contributed by atoms with Crippen molar-refractivity contribution in [3.05, 3.63) is 0 Å². The smallest absolute Gasteiger partial charge is 0.355 e. The molecule has 0 spiro atoms. The molecule has 1 heterocycles. The SMILES string of the molecule is CC(=O)OC1(OC=O)OC(=O)CCC(=O)O1. The molecule has 1 aliphatic rings. The van der Waals surface area contributed by atoms with Crippen molar-refractivity contribution in [2.24, 2.45) is 0 Å². The monoisotopic (exact) mass is 232 g/mol. The van der Waals surface area contributed by atoms with Crippen molar-refractivity contribution in [2.75, 3.05) is 0 Å². The van der Waals surface area contributed by atoms with E-state index in [0.717, 1.165) is 6.92 Å². The summed E-state index contributed by atoms with van der Waals surface area (Å²) in [6.45, 7) is 0.789. The average molecular weight is 232 g/mol. The summed E-state index contributed by atoms with van der Waals surface area (Å²) in [5.74, 6) is -2.74. The first-order valence-electron chi connectivity index (χ1n) is 4.22. The Morgan fingerprint density at radius 2 is 1.81 bits per heavy atom. The lowest BCUT2D eigenvalue weighted by molar-refractivity contribution is -0.425. The van der Waals surface area contributed by atoms with Gasteiger partial charge < -0.3 is 18.9 Å². The van der Waals surface area contributed by atoms with E-state index < -0.39 is 24.1 Å². The van der Waals surface area contributed by atoms with Crippen molar-refractivity contribution in [1.82, 2.24) is 0 Å². The third kappa shape index (κ3) is 2.94. The molecule has 0 radical (unpaired) electrons. The molecule has 1 aliphatic heterocycles. The average Bonchev–Trinajstić information content (AvgIpc) is 2.25. The second-order valence-electron chi connectivity index (χ2n) is 2.76. The van der Waals surface area contributed by atoms with Gasteiger partial charge in [-0.05, 0) is 0 Å². The van der Waals surface area contributed by atoms with Crippen LogP contribution in [0.3, 0.4) is 0 Å². The minimum atomic E-state index is -2.74. The van der Waals surface area contributed by atoms with Gasteiger partial charge in [-0.3, -0.25) is 19.2 Å². The van der Waals surface area contributed by atoms with Crippen LogP contribution in [0.4, 0.5) is 0 Å². The summed E-state index contributed by atoms with van der Waals surface area (Å²) in [7, 11) is 0. The maximum atomic E-state index is 11.1. The lowest BCUT2D eigenvalue weighted by Gasteiger charge is -2.24. The molecule has 0 aromatic heterocycles. The number of carbonyl (C=O) groups is 4. The zero-order chi connectivity index (χ0) is 12.2. The topological polar surface area (TPSA) is 105 Å². The van der Waals surface area contributed by atoms with E-state index in [1.807, 2.05) is 0 Å². The molecule has 16 heavy (non-hydrogen) atoms. The number of rotatable bonds is 3. The van der Waals surface area contributed by atoms with E-state index in [1.54, 1.807) is 0 Å². The van der Waals surface area contributed by atoms with Gasteiger partial charge >= 0.3 is 30.5 Å². The van der Waals surface area contributed by atoms with E-state index in [0.29, 0.717) is 0 Å². The zero-order valence-electron chi connectivity index (χ0n) is 8.26. The highest BCUT2D eigenvalue weighted by Crippen LogP contribution is 2.22. The summed E-state index contributed by atoms with van der Waals surface area (Å²) in [5, 5.41) is 0. The number of hydrogen-bond donors (Lipinski definition) is 0. The number of esters is 3. The Balaban J connectivity index is 2.94. The van der Waals surface area contributed by atoms with Crippen LogP contribution in [-0.2, 0) is 38.1 Å². The maximum absolute atomic E-state index is 11.1. The largest absolute Gasteiger partial charge is 0.619 e. The van der Waals surface area contributed by atoms with Crippen molar-refractivity contribution in [3.63, 3.8) is 0 Å². The molecule has 0 unspecified atom stereocenters. The van der Waals surface area contributed by atoms with Crippen LogP contribution in [0.1, 0.15) is 19.8 Å². The Morgan fingerprint density at radius 3 is 2.19 bits per heavy atom. The molecule has 0 aliphatic carbocycles. The van der Waals surface area contributed by atoms with Crippen LogP contribution >= 0.6 is 0 Å². The van der Waals surface area contributed by atoms with Crippen LogP contribution in [0.25, 0.3) is 0 Å². The quantitative estimate of drug-likeness (QED) is 0.354. The first kappa shape index (κ1) is 12.0. The molecule has 0 bridgehead atoms. The molecule has 1 saturated heterocycles. The van der Waals surface area contributed by atoms with E-state index in [-0.39, 0.29) is 19.3 Å². The Kier molecular flexibility index (Phi) is 3.44. The fraction of sp³-hybridized carbons (Fsp3) is 0.500. The van der Waals surface area contributed by atoms with Gasteiger partial charge in [0.05, 0.1) is 12.8 Å². The summed E-state index contributed by atoms with van der Waals surface area (Å²) < 4.78 is 17.4. The third-order valence-corrected chi connectivity index (χ3v) is 1.47. The Hall–Kier alpha value is -2.12. The summed E-state index contributed by atoms with van der Waals surface area (Å²) in [4.78, 5) is 43.0. The van der Waals surface area contributed by atoms with Crippen LogP contribution in [0.2, 0.25) is 0 Å². The van der Waals surface area contributed by atoms with Crippen LogP contribution in [-0.4, -0.2) is 30.5 Å². The van der Waals surface area contributed by atoms with Crippen molar-refractivity contribution >= 4 is 24.4 Å². The molecule has 0 saturated carbocycles. The highest BCUT2D eigenvalue weighted by Gasteiger charge is 2.49. The van der Waals surface area contributed by atoms with E-state index >= 15 is 0 Å². The fourth-order valence-corrected chi connectivity index (χ4v) is 0.955. The molecule has 1 fully saturated rings. The fourth-order valence-electron chi connectivity index (χ4n) is 0.955. The van der Waals surface area contributed by atoms with Gasteiger partial charge in [0, 0.05) is 6.92 Å². The van der Waals surface area contributed by atoms with E-state index in [1.165, 1.54) is 0 Å². The predicted octanol–water partition coefficient (Wildman–Crippen LogP) is -0.786. The molecule has 0 aromatic carbocycles. The number of ether oxygens (including phenoxy) is 4. The first-order chi connectivity index (χ1) is 7.47. The molecule has 1 rings (SSSR count). The molecule has 0 N–H and O–H groups in total. The molecule has 0 aromatic rings. The Labute approximate surface area is 89.4 Å². The van der Waals surface area contributed by atoms with Crippen LogP contribution in [0, 0.1) is 0 Å². The minimum absolute atomic E-state index is 0.172. The number of cyclic esters (lactones) is 2. The summed E-state index contributed by atoms with van der Waals surface area (Å²) >= 11 is 0. The van der Waals surface area contributed by atoms with Crippen molar-refractivity contribution in [3.8, 4) is 0 Å². The normalized spacial score (nSPS) is 18.8. The van der Waals surface area contributed by atoms with Crippen molar-refractivity contribution < 1.29 is 38.1 Å². The van der Waals surface area contributed by atoms with Gasteiger partial charge in [0.1, 0.15) is 0 Å². The lowest BCUT2D eigenvalue weighted by atomic mass is 10.3. The molecule has 8 heteroatoms. The van der Waals surface area contributed by atoms with E-state index in [4.69, 9.17) is 0 Å². The van der Waals surface area contributed by atoms with E-state index in [9.17, 15) is 19.2 Å². The second kappa shape index (κ2) is 4.60. The van der Waals surface area contributed by atoms with Gasteiger partial charge in [0.25, 0.3) is 0 Å². The maximum Gasteiger partial charge on any atom is 0.619 e. The standard InChI is InChI=1S/C8H8O8/c1-5(10)14-8(13-4-9)15-6(11)2-3-7(12)16-8/h4H,2-3H2,1H3. The summed E-state index contributed by atoms with van der Waals surface area (Å²) in [6.07, 6.45) is -3.26. The van der Waals surface area contributed by atoms with Crippen molar-refractivity contribution in [2.45, 2.75) is 25.9 Å². The van der Waals surface area contributed by atoms with Crippen molar-refractivity contribution in [1.29, 1.82) is 0 Å². The minimum Gasteiger partial charge on any atom is -0.355 e. The second-order valence-corrected chi connectivity index (χ2v) is 2.76. The van der Waals surface area contributed by atoms with Crippen LogP contribution < -0.4 is 0 Å². The van der Waals surface area contributed by atoms with Gasteiger partial charge in [0.2, 0.25) is 0 Å². The summed E-state index contributed by atoms with van der Waals surface area (Å²) in [6, 6.07) is 0. The predicted molar refractivity (Wildman–Crippen MR) is 43.1 cm³/mol.